The minimum Gasteiger partial charge on any atom is -0.461 e. The second kappa shape index (κ2) is 9.60. The smallest absolute Gasteiger partial charge is 0.410 e. The molecule has 1 aliphatic heterocycles. The lowest BCUT2D eigenvalue weighted by Crippen LogP contribution is -2.38. The molecule has 5 N–H and O–H groups in total. The van der Waals surface area contributed by atoms with Crippen LogP contribution in [0.5, 0.6) is 0 Å². The highest BCUT2D eigenvalue weighted by atomic mass is 32.2. The lowest BCUT2D eigenvalue weighted by atomic mass is 10.1. The number of nitrogens with one attached hydrogen (secondary N) is 3. The predicted octanol–water partition coefficient (Wildman–Crippen LogP) is 3.48. The number of nitrogens with two attached hydrogens (primary N) is 1. The number of anilines is 1. The average molecular weight is 460 g/mol. The van der Waals surface area contributed by atoms with Gasteiger partial charge in [0, 0.05) is 25.1 Å². The Morgan fingerprint density at radius 2 is 2.03 bits per heavy atom. The van der Waals surface area contributed by atoms with Crippen LogP contribution in [0.2, 0.25) is 0 Å². The van der Waals surface area contributed by atoms with Gasteiger partial charge in [0.2, 0.25) is 0 Å². The summed E-state index contributed by atoms with van der Waals surface area (Å²) in [6, 6.07) is 3.13. The number of thioether (sulfide) groups is 1. The molecule has 2 aromatic heterocycles. The minimum absolute atomic E-state index is 0.144. The molecule has 1 aliphatic rings. The number of carbonyl (C=O) groups is 1. The van der Waals surface area contributed by atoms with E-state index in [1.54, 1.807) is 23.3 Å². The van der Waals surface area contributed by atoms with Crippen molar-refractivity contribution in [1.82, 2.24) is 14.9 Å². The topological polar surface area (TPSA) is 154 Å². The number of hydrogen-bond acceptors (Lipinski definition) is 9. The van der Waals surface area contributed by atoms with Crippen molar-refractivity contribution in [2.45, 2.75) is 52.2 Å². The molecule has 2 aromatic rings. The molecule has 3 heterocycles. The largest absolute Gasteiger partial charge is 0.461 e. The molecule has 0 saturated carbocycles. The van der Waals surface area contributed by atoms with E-state index in [9.17, 15) is 4.79 Å². The van der Waals surface area contributed by atoms with Gasteiger partial charge in [0.05, 0.1) is 23.0 Å². The quantitative estimate of drug-likeness (QED) is 0.400. The Labute approximate surface area is 191 Å². The fraction of sp³-hybridized carbons (Fsp3) is 0.476. The lowest BCUT2D eigenvalue weighted by Gasteiger charge is -2.26. The van der Waals surface area contributed by atoms with Gasteiger partial charge in [-0.1, -0.05) is 0 Å². The van der Waals surface area contributed by atoms with Crippen LogP contribution < -0.4 is 11.1 Å². The second-order valence-electron chi connectivity index (χ2n) is 8.46. The number of carbonyl (C=O) groups excluding carboxylic acids is 1. The van der Waals surface area contributed by atoms with Crippen molar-refractivity contribution in [1.29, 1.82) is 10.8 Å². The summed E-state index contributed by atoms with van der Waals surface area (Å²) >= 11 is 0.885. The summed E-state index contributed by atoms with van der Waals surface area (Å²) in [5.41, 5.74) is 6.56. The molecule has 0 radical (unpaired) electrons. The maximum atomic E-state index is 12.6. The highest BCUT2D eigenvalue weighted by molar-refractivity contribution is 8.26. The molecule has 10 nitrogen and oxygen atoms in total. The van der Waals surface area contributed by atoms with Crippen molar-refractivity contribution < 1.29 is 13.9 Å². The van der Waals surface area contributed by atoms with Crippen LogP contribution in [0, 0.1) is 10.8 Å². The fourth-order valence-corrected chi connectivity index (χ4v) is 3.69. The van der Waals surface area contributed by atoms with E-state index in [2.05, 4.69) is 10.3 Å². The molecular weight excluding hydrogens is 430 g/mol. The molecule has 32 heavy (non-hydrogen) atoms. The first kappa shape index (κ1) is 23.6. The number of fused-ring (bicyclic) bond motifs is 1. The molecule has 0 aromatic carbocycles. The number of furan rings is 1. The zero-order valence-electron chi connectivity index (χ0n) is 18.7. The zero-order valence-corrected chi connectivity index (χ0v) is 19.5. The van der Waals surface area contributed by atoms with E-state index in [1.165, 1.54) is 0 Å². The number of hydrogen-bond donors (Lipinski definition) is 4. The normalized spacial score (nSPS) is 14.8. The number of nitrogens with zero attached hydrogens (tertiary/aromatic N) is 3. The van der Waals surface area contributed by atoms with Gasteiger partial charge in [-0.15, -0.1) is 0 Å². The first-order valence-corrected chi connectivity index (χ1v) is 11.1. The highest BCUT2D eigenvalue weighted by Crippen LogP contribution is 2.27. The summed E-state index contributed by atoms with van der Waals surface area (Å²) in [7, 11) is 0. The lowest BCUT2D eigenvalue weighted by molar-refractivity contribution is 0.0258. The number of rotatable bonds is 4. The Morgan fingerprint density at radius 1 is 1.31 bits per heavy atom. The number of amidine groups is 1. The standard InChI is InChI=1S/C21H29N7O3S/c1-12(16(22)32-19(23)24)25-17-13-7-9-28(20(29)31-21(2,3)4)10-8-14(13)26-18(27-17)15-6-5-11-30-15/h5-6,11-12,22H,7-10H2,1-4H3,(H3,23,24)(H,25,26,27). The van der Waals surface area contributed by atoms with Gasteiger partial charge < -0.3 is 25.1 Å². The molecule has 172 valence electrons. The van der Waals surface area contributed by atoms with Crippen molar-refractivity contribution in [3.8, 4) is 11.6 Å². The summed E-state index contributed by atoms with van der Waals surface area (Å²) in [5.74, 6) is 1.54. The number of ether oxygens (including phenoxy) is 1. The van der Waals surface area contributed by atoms with Crippen molar-refractivity contribution >= 4 is 33.9 Å². The minimum atomic E-state index is -0.570. The Kier molecular flexibility index (Phi) is 7.07. The third-order valence-electron chi connectivity index (χ3n) is 4.70. The molecule has 0 bridgehead atoms. The average Bonchev–Trinajstić information content (AvgIpc) is 3.13. The van der Waals surface area contributed by atoms with Crippen LogP contribution in [0.25, 0.3) is 11.6 Å². The predicted molar refractivity (Wildman–Crippen MR) is 125 cm³/mol. The molecular formula is C21H29N7O3S. The van der Waals surface area contributed by atoms with Gasteiger partial charge in [-0.05, 0) is 58.0 Å². The zero-order chi connectivity index (χ0) is 23.5. The highest BCUT2D eigenvalue weighted by Gasteiger charge is 2.27. The van der Waals surface area contributed by atoms with E-state index >= 15 is 0 Å². The van der Waals surface area contributed by atoms with E-state index < -0.39 is 11.6 Å². The maximum absolute atomic E-state index is 12.6. The molecule has 0 fully saturated rings. The van der Waals surface area contributed by atoms with Crippen LogP contribution in [0.15, 0.2) is 22.8 Å². The SMILES string of the molecule is CC(Nc1nc(-c2ccco2)nc2c1CCN(C(=O)OC(C)(C)C)CC2)C(=N)SC(=N)N. The number of aromatic nitrogens is 2. The Hall–Kier alpha value is -3.08. The van der Waals surface area contributed by atoms with Crippen molar-refractivity contribution in [3.63, 3.8) is 0 Å². The maximum Gasteiger partial charge on any atom is 0.410 e. The molecule has 3 rings (SSSR count). The monoisotopic (exact) mass is 459 g/mol. The molecule has 11 heteroatoms. The Balaban J connectivity index is 1.90. The van der Waals surface area contributed by atoms with Gasteiger partial charge in [0.15, 0.2) is 16.8 Å². The first-order valence-electron chi connectivity index (χ1n) is 10.3. The van der Waals surface area contributed by atoms with E-state index in [0.29, 0.717) is 43.3 Å². The summed E-state index contributed by atoms with van der Waals surface area (Å²) in [6.45, 7) is 8.28. The Bertz CT molecular complexity index is 1000. The summed E-state index contributed by atoms with van der Waals surface area (Å²) in [4.78, 5) is 23.6. The van der Waals surface area contributed by atoms with Gasteiger partial charge in [0.25, 0.3) is 0 Å². The Morgan fingerprint density at radius 3 is 2.66 bits per heavy atom. The van der Waals surface area contributed by atoms with Crippen LogP contribution in [0.4, 0.5) is 10.6 Å². The van der Waals surface area contributed by atoms with Gasteiger partial charge in [-0.2, -0.15) is 0 Å². The first-order chi connectivity index (χ1) is 15.0. The molecule has 0 aliphatic carbocycles. The molecule has 1 atom stereocenters. The van der Waals surface area contributed by atoms with Crippen LogP contribution in [-0.4, -0.2) is 55.9 Å². The third-order valence-corrected chi connectivity index (χ3v) is 5.50. The third kappa shape index (κ3) is 6.00. The van der Waals surface area contributed by atoms with E-state index in [-0.39, 0.29) is 16.3 Å². The van der Waals surface area contributed by atoms with E-state index in [1.807, 2.05) is 27.7 Å². The van der Waals surface area contributed by atoms with E-state index in [0.717, 1.165) is 23.0 Å². The van der Waals surface area contributed by atoms with Crippen molar-refractivity contribution in [2.75, 3.05) is 18.4 Å². The van der Waals surface area contributed by atoms with Gasteiger partial charge in [-0.25, -0.2) is 14.8 Å². The molecule has 1 amide bonds. The van der Waals surface area contributed by atoms with Crippen LogP contribution in [0.1, 0.15) is 39.0 Å². The van der Waals surface area contributed by atoms with Crippen LogP contribution in [-0.2, 0) is 17.6 Å². The number of amides is 1. The summed E-state index contributed by atoms with van der Waals surface area (Å²) < 4.78 is 11.0. The van der Waals surface area contributed by atoms with Gasteiger partial charge >= 0.3 is 6.09 Å². The van der Waals surface area contributed by atoms with Crippen LogP contribution >= 0.6 is 11.8 Å². The van der Waals surface area contributed by atoms with E-state index in [4.69, 9.17) is 30.7 Å². The fourth-order valence-electron chi connectivity index (χ4n) is 3.22. The summed E-state index contributed by atoms with van der Waals surface area (Å²) in [6.07, 6.45) is 2.28. The molecule has 0 spiro atoms. The second-order valence-corrected chi connectivity index (χ2v) is 9.55. The van der Waals surface area contributed by atoms with Gasteiger partial charge in [0.1, 0.15) is 11.4 Å². The molecule has 0 saturated heterocycles. The van der Waals surface area contributed by atoms with Crippen molar-refractivity contribution in [2.24, 2.45) is 5.73 Å². The van der Waals surface area contributed by atoms with Crippen molar-refractivity contribution in [3.05, 3.63) is 29.7 Å². The summed E-state index contributed by atoms with van der Waals surface area (Å²) in [5, 5.41) is 18.9. The van der Waals surface area contributed by atoms with Gasteiger partial charge in [-0.3, -0.25) is 10.8 Å². The molecule has 1 unspecified atom stereocenters. The van der Waals surface area contributed by atoms with Crippen LogP contribution in [0.3, 0.4) is 0 Å².